The van der Waals surface area contributed by atoms with Crippen LogP contribution in [0.2, 0.25) is 0 Å². The van der Waals surface area contributed by atoms with Gasteiger partial charge in [0.25, 0.3) is 0 Å². The summed E-state index contributed by atoms with van der Waals surface area (Å²) in [6.45, 7) is 1.56. The van der Waals surface area contributed by atoms with Crippen LogP contribution in [0.1, 0.15) is 5.56 Å². The largest absolute Gasteiger partial charge is 0.493 e. The zero-order valence-electron chi connectivity index (χ0n) is 15.4. The van der Waals surface area contributed by atoms with Gasteiger partial charge in [0, 0.05) is 33.3 Å². The van der Waals surface area contributed by atoms with Crippen LogP contribution in [0, 0.1) is 0 Å². The number of nitrogens with zero attached hydrogens (tertiary/aromatic N) is 2. The highest BCUT2D eigenvalue weighted by Crippen LogP contribution is 2.27. The van der Waals surface area contributed by atoms with Crippen molar-refractivity contribution in [3.63, 3.8) is 0 Å². The van der Waals surface area contributed by atoms with Crippen LogP contribution < -0.4 is 9.47 Å². The fourth-order valence-corrected chi connectivity index (χ4v) is 4.17. The SMILES string of the molecule is COCCS(=O)(=O)N1CCN(C(=O)Cc2ccc(OC)c(OC)c2)CC1. The molecule has 9 heteroatoms. The number of sulfonamides is 1. The van der Waals surface area contributed by atoms with Crippen LogP contribution in [-0.4, -0.2) is 83.4 Å². The van der Waals surface area contributed by atoms with Crippen molar-refractivity contribution in [2.24, 2.45) is 0 Å². The number of piperazine rings is 1. The smallest absolute Gasteiger partial charge is 0.227 e. The molecule has 146 valence electrons. The van der Waals surface area contributed by atoms with Crippen molar-refractivity contribution >= 4 is 15.9 Å². The minimum atomic E-state index is -3.33. The van der Waals surface area contributed by atoms with E-state index in [1.165, 1.54) is 11.4 Å². The van der Waals surface area contributed by atoms with Gasteiger partial charge < -0.3 is 19.1 Å². The highest BCUT2D eigenvalue weighted by molar-refractivity contribution is 7.89. The molecule has 1 aliphatic rings. The van der Waals surface area contributed by atoms with E-state index in [0.717, 1.165) is 5.56 Å². The second kappa shape index (κ2) is 9.20. The molecule has 1 saturated heterocycles. The Hall–Kier alpha value is -1.84. The van der Waals surface area contributed by atoms with Gasteiger partial charge in [-0.3, -0.25) is 4.79 Å². The van der Waals surface area contributed by atoms with Crippen molar-refractivity contribution in [2.45, 2.75) is 6.42 Å². The first-order valence-corrected chi connectivity index (χ1v) is 9.97. The first kappa shape index (κ1) is 20.5. The van der Waals surface area contributed by atoms with E-state index < -0.39 is 10.0 Å². The zero-order chi connectivity index (χ0) is 19.2. The van der Waals surface area contributed by atoms with Gasteiger partial charge in [-0.2, -0.15) is 4.31 Å². The molecule has 26 heavy (non-hydrogen) atoms. The van der Waals surface area contributed by atoms with E-state index in [1.807, 2.05) is 6.07 Å². The normalized spacial score (nSPS) is 15.7. The van der Waals surface area contributed by atoms with Crippen LogP contribution in [0.25, 0.3) is 0 Å². The van der Waals surface area contributed by atoms with Crippen molar-refractivity contribution in [1.29, 1.82) is 0 Å². The van der Waals surface area contributed by atoms with E-state index in [2.05, 4.69) is 0 Å². The highest BCUT2D eigenvalue weighted by atomic mass is 32.2. The molecule has 0 atom stereocenters. The molecule has 1 aliphatic heterocycles. The Labute approximate surface area is 154 Å². The van der Waals surface area contributed by atoms with E-state index in [9.17, 15) is 13.2 Å². The third-order valence-electron chi connectivity index (χ3n) is 4.33. The van der Waals surface area contributed by atoms with Gasteiger partial charge in [0.15, 0.2) is 11.5 Å². The standard InChI is InChI=1S/C17H26N2O6S/c1-23-10-11-26(21,22)19-8-6-18(7-9-19)17(20)13-14-4-5-15(24-2)16(12-14)25-3/h4-5,12H,6-11,13H2,1-3H3. The van der Waals surface area contributed by atoms with Gasteiger partial charge in [-0.15, -0.1) is 0 Å². The average Bonchev–Trinajstić information content (AvgIpc) is 2.66. The highest BCUT2D eigenvalue weighted by Gasteiger charge is 2.28. The second-order valence-corrected chi connectivity index (χ2v) is 8.04. The predicted octanol–water partition coefficient (Wildman–Crippen LogP) is 0.367. The van der Waals surface area contributed by atoms with Crippen LogP contribution in [0.5, 0.6) is 11.5 Å². The molecule has 8 nitrogen and oxygen atoms in total. The summed E-state index contributed by atoms with van der Waals surface area (Å²) in [6, 6.07) is 5.37. The first-order valence-electron chi connectivity index (χ1n) is 8.36. The van der Waals surface area contributed by atoms with E-state index in [4.69, 9.17) is 14.2 Å². The van der Waals surface area contributed by atoms with Gasteiger partial charge in [0.2, 0.25) is 15.9 Å². The molecule has 1 amide bonds. The molecule has 1 fully saturated rings. The Morgan fingerprint density at radius 2 is 1.69 bits per heavy atom. The lowest BCUT2D eigenvalue weighted by Crippen LogP contribution is -2.51. The van der Waals surface area contributed by atoms with Crippen LogP contribution in [0.4, 0.5) is 0 Å². The monoisotopic (exact) mass is 386 g/mol. The molecule has 1 aromatic rings. The first-order chi connectivity index (χ1) is 12.4. The van der Waals surface area contributed by atoms with Gasteiger partial charge in [0.05, 0.1) is 33.0 Å². The van der Waals surface area contributed by atoms with Gasteiger partial charge in [-0.25, -0.2) is 8.42 Å². The Kier molecular flexibility index (Phi) is 7.24. The maximum absolute atomic E-state index is 12.5. The number of ether oxygens (including phenoxy) is 3. The number of methoxy groups -OCH3 is 3. The van der Waals surface area contributed by atoms with E-state index in [0.29, 0.717) is 37.7 Å². The minimum Gasteiger partial charge on any atom is -0.493 e. The summed E-state index contributed by atoms with van der Waals surface area (Å²) in [6.07, 6.45) is 0.233. The topological polar surface area (TPSA) is 85.4 Å². The number of carbonyl (C=O) groups excluding carboxylic acids is 1. The summed E-state index contributed by atoms with van der Waals surface area (Å²) in [5, 5.41) is 0. The van der Waals surface area contributed by atoms with E-state index in [-0.39, 0.29) is 24.7 Å². The van der Waals surface area contributed by atoms with Gasteiger partial charge >= 0.3 is 0 Å². The molecule has 2 rings (SSSR count). The van der Waals surface area contributed by atoms with Crippen molar-refractivity contribution in [3.8, 4) is 11.5 Å². The predicted molar refractivity (Wildman–Crippen MR) is 97.1 cm³/mol. The summed E-state index contributed by atoms with van der Waals surface area (Å²) < 4.78 is 41.0. The third-order valence-corrected chi connectivity index (χ3v) is 6.17. The average molecular weight is 386 g/mol. The molecular weight excluding hydrogens is 360 g/mol. The summed E-state index contributed by atoms with van der Waals surface area (Å²) in [5.41, 5.74) is 0.822. The molecule has 0 saturated carbocycles. The van der Waals surface area contributed by atoms with Crippen molar-refractivity contribution < 1.29 is 27.4 Å². The Morgan fingerprint density at radius 3 is 2.27 bits per heavy atom. The van der Waals surface area contributed by atoms with Crippen molar-refractivity contribution in [3.05, 3.63) is 23.8 Å². The molecule has 0 aromatic heterocycles. The Balaban J connectivity index is 1.92. The lowest BCUT2D eigenvalue weighted by Gasteiger charge is -2.34. The second-order valence-electron chi connectivity index (χ2n) is 5.95. The van der Waals surface area contributed by atoms with Crippen LogP contribution in [-0.2, 0) is 26.0 Å². The van der Waals surface area contributed by atoms with Crippen LogP contribution >= 0.6 is 0 Å². The quantitative estimate of drug-likeness (QED) is 0.642. The summed E-state index contributed by atoms with van der Waals surface area (Å²) in [5.74, 6) is 1.11. The zero-order valence-corrected chi connectivity index (χ0v) is 16.3. The maximum Gasteiger partial charge on any atom is 0.227 e. The number of hydrogen-bond acceptors (Lipinski definition) is 6. The third kappa shape index (κ3) is 5.09. The van der Waals surface area contributed by atoms with Gasteiger partial charge in [-0.1, -0.05) is 6.07 Å². The van der Waals surface area contributed by atoms with Crippen LogP contribution in [0.15, 0.2) is 18.2 Å². The van der Waals surface area contributed by atoms with Crippen molar-refractivity contribution in [1.82, 2.24) is 9.21 Å². The lowest BCUT2D eigenvalue weighted by atomic mass is 10.1. The molecule has 0 aliphatic carbocycles. The molecule has 1 aromatic carbocycles. The van der Waals surface area contributed by atoms with Crippen molar-refractivity contribution in [2.75, 3.05) is 59.9 Å². The Bertz CT molecular complexity index is 714. The summed E-state index contributed by atoms with van der Waals surface area (Å²) >= 11 is 0. The molecule has 0 spiro atoms. The molecule has 0 N–H and O–H groups in total. The molecule has 0 radical (unpaired) electrons. The van der Waals surface area contributed by atoms with Gasteiger partial charge in [-0.05, 0) is 17.7 Å². The number of rotatable bonds is 8. The molecule has 1 heterocycles. The number of benzene rings is 1. The maximum atomic E-state index is 12.5. The number of carbonyl (C=O) groups is 1. The molecule has 0 bridgehead atoms. The summed E-state index contributed by atoms with van der Waals surface area (Å²) in [4.78, 5) is 14.2. The summed E-state index contributed by atoms with van der Waals surface area (Å²) in [7, 11) is 1.25. The van der Waals surface area contributed by atoms with E-state index in [1.54, 1.807) is 31.3 Å². The fraction of sp³-hybridized carbons (Fsp3) is 0.588. The van der Waals surface area contributed by atoms with Crippen LogP contribution in [0.3, 0.4) is 0 Å². The fourth-order valence-electron chi connectivity index (χ4n) is 2.81. The minimum absolute atomic E-state index is 0.0360. The lowest BCUT2D eigenvalue weighted by molar-refractivity contribution is -0.131. The van der Waals surface area contributed by atoms with Gasteiger partial charge in [0.1, 0.15) is 0 Å². The molecule has 0 unspecified atom stereocenters. The Morgan fingerprint density at radius 1 is 1.04 bits per heavy atom. The molecular formula is C17H26N2O6S. The number of amides is 1. The van der Waals surface area contributed by atoms with E-state index >= 15 is 0 Å². The number of hydrogen-bond donors (Lipinski definition) is 0.